The second kappa shape index (κ2) is 7.63. The first-order chi connectivity index (χ1) is 12.0. The number of piperidine rings is 1. The number of sulfonamides is 1. The predicted octanol–water partition coefficient (Wildman–Crippen LogP) is 2.40. The molecule has 2 heterocycles. The van der Waals surface area contributed by atoms with Gasteiger partial charge >= 0.3 is 0 Å². The molecule has 1 N–H and O–H groups in total. The molecule has 0 saturated carbocycles. The molecule has 0 amide bonds. The Labute approximate surface area is 148 Å². The molecule has 0 bridgehead atoms. The van der Waals surface area contributed by atoms with Crippen molar-refractivity contribution in [3.63, 3.8) is 0 Å². The topological polar surface area (TPSA) is 88.3 Å². The first-order valence-corrected chi connectivity index (χ1v) is 10.0. The molecule has 1 atom stereocenters. The zero-order valence-corrected chi connectivity index (χ0v) is 15.4. The molecule has 136 valence electrons. The van der Waals surface area contributed by atoms with Crippen LogP contribution < -0.4 is 5.32 Å². The third-order valence-electron chi connectivity index (χ3n) is 4.38. The third-order valence-corrected chi connectivity index (χ3v) is 6.27. The van der Waals surface area contributed by atoms with Crippen LogP contribution in [0.3, 0.4) is 0 Å². The minimum atomic E-state index is -3.41. The Bertz CT molecular complexity index is 813. The van der Waals surface area contributed by atoms with Gasteiger partial charge in [-0.25, -0.2) is 8.42 Å². The van der Waals surface area contributed by atoms with Crippen molar-refractivity contribution in [1.82, 2.24) is 19.8 Å². The highest BCUT2D eigenvalue weighted by molar-refractivity contribution is 7.89. The second-order valence-corrected chi connectivity index (χ2v) is 8.33. The summed E-state index contributed by atoms with van der Waals surface area (Å²) in [4.78, 5) is 4.55. The number of nitrogens with zero attached hydrogens (tertiary/aromatic N) is 3. The smallest absolute Gasteiger partial charge is 0.243 e. The van der Waals surface area contributed by atoms with Crippen LogP contribution in [-0.4, -0.2) is 36.0 Å². The van der Waals surface area contributed by atoms with E-state index in [0.29, 0.717) is 36.2 Å². The first-order valence-electron chi connectivity index (χ1n) is 8.59. The number of nitrogens with one attached hydrogen (secondary N) is 1. The van der Waals surface area contributed by atoms with Gasteiger partial charge in [-0.3, -0.25) is 0 Å². The molecule has 1 aliphatic heterocycles. The number of aryl methyl sites for hydroxylation is 1. The quantitative estimate of drug-likeness (QED) is 0.847. The fourth-order valence-electron chi connectivity index (χ4n) is 2.92. The van der Waals surface area contributed by atoms with E-state index in [1.165, 1.54) is 0 Å². The van der Waals surface area contributed by atoms with Gasteiger partial charge in [-0.1, -0.05) is 23.7 Å². The van der Waals surface area contributed by atoms with Gasteiger partial charge in [-0.15, -0.1) is 0 Å². The summed E-state index contributed by atoms with van der Waals surface area (Å²) in [5.41, 5.74) is 0.904. The van der Waals surface area contributed by atoms with E-state index >= 15 is 0 Å². The minimum Gasteiger partial charge on any atom is -0.338 e. The Morgan fingerprint density at radius 1 is 1.28 bits per heavy atom. The first kappa shape index (κ1) is 18.0. The normalized spacial score (nSPS) is 17.5. The molecule has 1 aromatic heterocycles. The highest BCUT2D eigenvalue weighted by Gasteiger charge is 2.26. The summed E-state index contributed by atoms with van der Waals surface area (Å²) >= 11 is 0. The van der Waals surface area contributed by atoms with Crippen LogP contribution in [0.2, 0.25) is 0 Å². The Kier molecular flexibility index (Phi) is 5.51. The van der Waals surface area contributed by atoms with E-state index in [1.54, 1.807) is 29.4 Å². The van der Waals surface area contributed by atoms with Gasteiger partial charge in [0.1, 0.15) is 0 Å². The van der Waals surface area contributed by atoms with Gasteiger partial charge in [0.15, 0.2) is 5.82 Å². The molecule has 1 aromatic carbocycles. The van der Waals surface area contributed by atoms with Crippen LogP contribution >= 0.6 is 0 Å². The number of benzene rings is 1. The molecule has 0 radical (unpaired) electrons. The number of hydrogen-bond acceptors (Lipinski definition) is 6. The Balaban J connectivity index is 1.68. The molecule has 1 saturated heterocycles. The highest BCUT2D eigenvalue weighted by atomic mass is 32.2. The van der Waals surface area contributed by atoms with Crippen LogP contribution in [0.25, 0.3) is 0 Å². The Morgan fingerprint density at radius 2 is 2.04 bits per heavy atom. The molecule has 7 nitrogen and oxygen atoms in total. The number of hydrogen-bond donors (Lipinski definition) is 1. The standard InChI is InChI=1S/C17H24N4O3S/c1-13(17-19-14(2)20-24-17)18-12-15-7-6-8-16(11-15)25(22,23)21-9-4-3-5-10-21/h6-8,11,13,18H,3-5,9-10,12H2,1-2H3. The van der Waals surface area contributed by atoms with Crippen molar-refractivity contribution in [2.75, 3.05) is 13.1 Å². The fraction of sp³-hybridized carbons (Fsp3) is 0.529. The monoisotopic (exact) mass is 364 g/mol. The van der Waals surface area contributed by atoms with Gasteiger partial charge in [0, 0.05) is 19.6 Å². The minimum absolute atomic E-state index is 0.108. The fourth-order valence-corrected chi connectivity index (χ4v) is 4.51. The zero-order valence-electron chi connectivity index (χ0n) is 14.6. The molecule has 8 heteroatoms. The van der Waals surface area contributed by atoms with Gasteiger partial charge in [0.25, 0.3) is 0 Å². The zero-order chi connectivity index (χ0) is 17.9. The number of rotatable bonds is 6. The van der Waals surface area contributed by atoms with Gasteiger partial charge < -0.3 is 9.84 Å². The van der Waals surface area contributed by atoms with Gasteiger partial charge in [0.2, 0.25) is 15.9 Å². The lowest BCUT2D eigenvalue weighted by atomic mass is 10.2. The summed E-state index contributed by atoms with van der Waals surface area (Å²) in [5, 5.41) is 7.06. The molecular weight excluding hydrogens is 340 g/mol. The molecule has 2 aromatic rings. The molecule has 1 unspecified atom stereocenters. The van der Waals surface area contributed by atoms with E-state index in [-0.39, 0.29) is 6.04 Å². The van der Waals surface area contributed by atoms with Crippen LogP contribution in [0.4, 0.5) is 0 Å². The van der Waals surface area contributed by atoms with E-state index in [9.17, 15) is 8.42 Å². The molecule has 1 aliphatic rings. The summed E-state index contributed by atoms with van der Waals surface area (Å²) in [7, 11) is -3.41. The van der Waals surface area contributed by atoms with E-state index in [0.717, 1.165) is 24.8 Å². The molecule has 0 aliphatic carbocycles. The Morgan fingerprint density at radius 3 is 2.72 bits per heavy atom. The van der Waals surface area contributed by atoms with Crippen LogP contribution in [-0.2, 0) is 16.6 Å². The van der Waals surface area contributed by atoms with Crippen LogP contribution in [0.5, 0.6) is 0 Å². The molecule has 3 rings (SSSR count). The van der Waals surface area contributed by atoms with Gasteiger partial charge in [0.05, 0.1) is 10.9 Å². The van der Waals surface area contributed by atoms with Crippen molar-refractivity contribution in [3.05, 3.63) is 41.5 Å². The van der Waals surface area contributed by atoms with Crippen molar-refractivity contribution >= 4 is 10.0 Å². The summed E-state index contributed by atoms with van der Waals surface area (Å²) in [6.45, 7) is 5.44. The summed E-state index contributed by atoms with van der Waals surface area (Å²) in [6.07, 6.45) is 2.96. The predicted molar refractivity (Wildman–Crippen MR) is 93.3 cm³/mol. The summed E-state index contributed by atoms with van der Waals surface area (Å²) < 4.78 is 32.3. The van der Waals surface area contributed by atoms with Crippen molar-refractivity contribution in [2.24, 2.45) is 0 Å². The van der Waals surface area contributed by atoms with Crippen molar-refractivity contribution < 1.29 is 12.9 Å². The maximum Gasteiger partial charge on any atom is 0.243 e. The van der Waals surface area contributed by atoms with Gasteiger partial charge in [-0.05, 0) is 44.4 Å². The molecule has 25 heavy (non-hydrogen) atoms. The summed E-state index contributed by atoms with van der Waals surface area (Å²) in [6, 6.07) is 6.99. The maximum atomic E-state index is 12.8. The summed E-state index contributed by atoms with van der Waals surface area (Å²) in [5.74, 6) is 1.12. The second-order valence-electron chi connectivity index (χ2n) is 6.39. The van der Waals surface area contributed by atoms with E-state index < -0.39 is 10.0 Å². The average molecular weight is 364 g/mol. The SMILES string of the molecule is Cc1noc(C(C)NCc2cccc(S(=O)(=O)N3CCCCC3)c2)n1. The molecular formula is C17H24N4O3S. The van der Waals surface area contributed by atoms with Crippen molar-refractivity contribution in [1.29, 1.82) is 0 Å². The largest absolute Gasteiger partial charge is 0.338 e. The molecule has 1 fully saturated rings. The maximum absolute atomic E-state index is 12.8. The van der Waals surface area contributed by atoms with E-state index in [2.05, 4.69) is 15.5 Å². The molecule has 0 spiro atoms. The average Bonchev–Trinajstić information content (AvgIpc) is 3.07. The van der Waals surface area contributed by atoms with Crippen LogP contribution in [0.15, 0.2) is 33.7 Å². The van der Waals surface area contributed by atoms with E-state index in [1.807, 2.05) is 13.0 Å². The van der Waals surface area contributed by atoms with Crippen LogP contribution in [0.1, 0.15) is 49.5 Å². The van der Waals surface area contributed by atoms with Crippen molar-refractivity contribution in [3.8, 4) is 0 Å². The van der Waals surface area contributed by atoms with Gasteiger partial charge in [-0.2, -0.15) is 9.29 Å². The number of aromatic nitrogens is 2. The lowest BCUT2D eigenvalue weighted by molar-refractivity contribution is 0.336. The third kappa shape index (κ3) is 4.26. The Hall–Kier alpha value is -1.77. The lowest BCUT2D eigenvalue weighted by Gasteiger charge is -2.26. The van der Waals surface area contributed by atoms with E-state index in [4.69, 9.17) is 4.52 Å². The van der Waals surface area contributed by atoms with Crippen LogP contribution in [0, 0.1) is 6.92 Å². The lowest BCUT2D eigenvalue weighted by Crippen LogP contribution is -2.35. The van der Waals surface area contributed by atoms with Crippen molar-refractivity contribution in [2.45, 2.75) is 50.6 Å². The highest BCUT2D eigenvalue weighted by Crippen LogP contribution is 2.21.